The first kappa shape index (κ1) is 14.5. The molecule has 3 rings (SSSR count). The second kappa shape index (κ2) is 5.42. The summed E-state index contributed by atoms with van der Waals surface area (Å²) in [6, 6.07) is 15.0. The highest BCUT2D eigenvalue weighted by atomic mass is 32.2. The Kier molecular flexibility index (Phi) is 3.58. The molecule has 1 N–H and O–H groups in total. The maximum absolute atomic E-state index is 11.7. The van der Waals surface area contributed by atoms with Crippen LogP contribution >= 0.6 is 0 Å². The lowest BCUT2D eigenvalue weighted by atomic mass is 10.0. The third-order valence-electron chi connectivity index (χ3n) is 3.62. The fraction of sp³-hybridized carbons (Fsp3) is 0.118. The Morgan fingerprint density at radius 3 is 2.23 bits per heavy atom. The summed E-state index contributed by atoms with van der Waals surface area (Å²) in [6.07, 6.45) is 3.02. The van der Waals surface area contributed by atoms with Gasteiger partial charge in [0.2, 0.25) is 0 Å². The van der Waals surface area contributed by atoms with Crippen molar-refractivity contribution >= 4 is 9.84 Å². The molecular formula is C17H16N2O2S. The summed E-state index contributed by atoms with van der Waals surface area (Å²) in [5, 5.41) is 6.95. The second-order valence-electron chi connectivity index (χ2n) is 5.29. The molecular weight excluding hydrogens is 296 g/mol. The van der Waals surface area contributed by atoms with Crippen molar-refractivity contribution in [3.8, 4) is 22.3 Å². The Labute approximate surface area is 129 Å². The average molecular weight is 312 g/mol. The zero-order valence-corrected chi connectivity index (χ0v) is 13.2. The molecule has 5 heteroatoms. The van der Waals surface area contributed by atoms with Gasteiger partial charge in [-0.15, -0.1) is 0 Å². The van der Waals surface area contributed by atoms with Crippen LogP contribution in [-0.2, 0) is 9.84 Å². The Hall–Kier alpha value is -2.40. The molecule has 0 aliphatic heterocycles. The summed E-state index contributed by atoms with van der Waals surface area (Å²) in [5.41, 5.74) is 5.03. The van der Waals surface area contributed by atoms with E-state index in [2.05, 4.69) is 10.2 Å². The zero-order chi connectivity index (χ0) is 15.7. The molecule has 0 saturated heterocycles. The molecule has 1 heterocycles. The smallest absolute Gasteiger partial charge is 0.175 e. The predicted octanol–water partition coefficient (Wildman–Crippen LogP) is 3.46. The number of nitrogens with zero attached hydrogens (tertiary/aromatic N) is 1. The van der Waals surface area contributed by atoms with E-state index in [1.807, 2.05) is 37.3 Å². The molecule has 0 fully saturated rings. The van der Waals surface area contributed by atoms with Crippen LogP contribution in [0.15, 0.2) is 59.6 Å². The minimum absolute atomic E-state index is 0.333. The molecule has 0 saturated carbocycles. The maximum Gasteiger partial charge on any atom is 0.175 e. The van der Waals surface area contributed by atoms with Crippen LogP contribution in [-0.4, -0.2) is 24.9 Å². The highest BCUT2D eigenvalue weighted by Gasteiger charge is 2.09. The first-order valence-electron chi connectivity index (χ1n) is 6.86. The molecule has 0 amide bonds. The molecule has 0 aliphatic carbocycles. The molecule has 1 aromatic heterocycles. The van der Waals surface area contributed by atoms with Crippen LogP contribution in [0.2, 0.25) is 0 Å². The van der Waals surface area contributed by atoms with Crippen molar-refractivity contribution in [3.05, 3.63) is 60.4 Å². The van der Waals surface area contributed by atoms with Crippen molar-refractivity contribution < 1.29 is 8.42 Å². The molecule has 0 aliphatic rings. The van der Waals surface area contributed by atoms with E-state index in [1.165, 1.54) is 6.26 Å². The van der Waals surface area contributed by atoms with Gasteiger partial charge in [0.25, 0.3) is 0 Å². The number of aryl methyl sites for hydroxylation is 1. The van der Waals surface area contributed by atoms with E-state index in [4.69, 9.17) is 0 Å². The SMILES string of the molecule is Cc1[nH]ncc1-c1ccc(-c2cccc(S(C)(=O)=O)c2)cc1. The van der Waals surface area contributed by atoms with Gasteiger partial charge in [-0.05, 0) is 35.7 Å². The molecule has 0 atom stereocenters. The van der Waals surface area contributed by atoms with Crippen molar-refractivity contribution in [2.45, 2.75) is 11.8 Å². The number of hydrogen-bond acceptors (Lipinski definition) is 3. The first-order valence-corrected chi connectivity index (χ1v) is 8.75. The van der Waals surface area contributed by atoms with Gasteiger partial charge in [0, 0.05) is 17.5 Å². The third-order valence-corrected chi connectivity index (χ3v) is 4.73. The molecule has 2 aromatic carbocycles. The van der Waals surface area contributed by atoms with Gasteiger partial charge < -0.3 is 0 Å². The summed E-state index contributed by atoms with van der Waals surface area (Å²) in [7, 11) is -3.19. The van der Waals surface area contributed by atoms with Crippen LogP contribution in [0.3, 0.4) is 0 Å². The summed E-state index contributed by atoms with van der Waals surface area (Å²) < 4.78 is 23.3. The van der Waals surface area contributed by atoms with E-state index < -0.39 is 9.84 Å². The minimum Gasteiger partial charge on any atom is -0.282 e. The first-order chi connectivity index (χ1) is 10.4. The minimum atomic E-state index is -3.19. The zero-order valence-electron chi connectivity index (χ0n) is 12.4. The summed E-state index contributed by atoms with van der Waals surface area (Å²) in [5.74, 6) is 0. The standard InChI is InChI=1S/C17H16N2O2S/c1-12-17(11-18-19-12)14-8-6-13(7-9-14)15-4-3-5-16(10-15)22(2,20)21/h3-11H,1-2H3,(H,18,19). The maximum atomic E-state index is 11.7. The van der Waals surface area contributed by atoms with E-state index in [-0.39, 0.29) is 0 Å². The van der Waals surface area contributed by atoms with E-state index in [0.29, 0.717) is 4.90 Å². The van der Waals surface area contributed by atoms with Gasteiger partial charge in [-0.25, -0.2) is 8.42 Å². The number of aromatic amines is 1. The lowest BCUT2D eigenvalue weighted by Crippen LogP contribution is -1.96. The van der Waals surface area contributed by atoms with Gasteiger partial charge >= 0.3 is 0 Å². The number of benzene rings is 2. The van der Waals surface area contributed by atoms with Crippen molar-refractivity contribution in [1.82, 2.24) is 10.2 Å². The number of sulfone groups is 1. The highest BCUT2D eigenvalue weighted by molar-refractivity contribution is 7.90. The van der Waals surface area contributed by atoms with Gasteiger partial charge in [0.1, 0.15) is 0 Å². The monoisotopic (exact) mass is 312 g/mol. The Morgan fingerprint density at radius 1 is 0.955 bits per heavy atom. The normalized spacial score (nSPS) is 11.5. The third kappa shape index (κ3) is 2.80. The lowest BCUT2D eigenvalue weighted by molar-refractivity contribution is 0.602. The Bertz CT molecular complexity index is 910. The van der Waals surface area contributed by atoms with E-state index in [0.717, 1.165) is 27.9 Å². The van der Waals surface area contributed by atoms with Gasteiger partial charge in [0.15, 0.2) is 9.84 Å². The van der Waals surface area contributed by atoms with Gasteiger partial charge in [-0.1, -0.05) is 36.4 Å². The van der Waals surface area contributed by atoms with Crippen molar-refractivity contribution in [3.63, 3.8) is 0 Å². The largest absolute Gasteiger partial charge is 0.282 e. The average Bonchev–Trinajstić information content (AvgIpc) is 2.93. The number of aromatic nitrogens is 2. The molecule has 0 radical (unpaired) electrons. The fourth-order valence-corrected chi connectivity index (χ4v) is 3.06. The highest BCUT2D eigenvalue weighted by Crippen LogP contribution is 2.27. The molecule has 0 unspecified atom stereocenters. The van der Waals surface area contributed by atoms with Gasteiger partial charge in [-0.3, -0.25) is 5.10 Å². The van der Waals surface area contributed by atoms with Gasteiger partial charge in [0.05, 0.1) is 11.1 Å². The number of nitrogens with one attached hydrogen (secondary N) is 1. The predicted molar refractivity (Wildman–Crippen MR) is 87.3 cm³/mol. The quantitative estimate of drug-likeness (QED) is 0.805. The number of H-pyrrole nitrogens is 1. The van der Waals surface area contributed by atoms with Crippen molar-refractivity contribution in [2.24, 2.45) is 0 Å². The fourth-order valence-electron chi connectivity index (χ4n) is 2.39. The van der Waals surface area contributed by atoms with E-state index in [9.17, 15) is 8.42 Å². The number of hydrogen-bond donors (Lipinski definition) is 1. The molecule has 0 spiro atoms. The molecule has 112 valence electrons. The topological polar surface area (TPSA) is 62.8 Å². The summed E-state index contributed by atoms with van der Waals surface area (Å²) in [4.78, 5) is 0.333. The molecule has 4 nitrogen and oxygen atoms in total. The Morgan fingerprint density at radius 2 is 1.64 bits per heavy atom. The van der Waals surface area contributed by atoms with Crippen LogP contribution in [0.4, 0.5) is 0 Å². The van der Waals surface area contributed by atoms with Crippen LogP contribution in [0.1, 0.15) is 5.69 Å². The Balaban J connectivity index is 1.99. The van der Waals surface area contributed by atoms with E-state index >= 15 is 0 Å². The lowest BCUT2D eigenvalue weighted by Gasteiger charge is -2.06. The van der Waals surface area contributed by atoms with Crippen molar-refractivity contribution in [1.29, 1.82) is 0 Å². The van der Waals surface area contributed by atoms with Gasteiger partial charge in [-0.2, -0.15) is 5.10 Å². The van der Waals surface area contributed by atoms with Crippen LogP contribution in [0.25, 0.3) is 22.3 Å². The molecule has 22 heavy (non-hydrogen) atoms. The second-order valence-corrected chi connectivity index (χ2v) is 7.30. The van der Waals surface area contributed by atoms with Crippen molar-refractivity contribution in [2.75, 3.05) is 6.26 Å². The molecule has 0 bridgehead atoms. The summed E-state index contributed by atoms with van der Waals surface area (Å²) in [6.45, 7) is 1.98. The molecule has 3 aromatic rings. The van der Waals surface area contributed by atoms with E-state index in [1.54, 1.807) is 24.4 Å². The van der Waals surface area contributed by atoms with Crippen LogP contribution in [0.5, 0.6) is 0 Å². The van der Waals surface area contributed by atoms with Crippen LogP contribution in [0, 0.1) is 6.92 Å². The van der Waals surface area contributed by atoms with Crippen LogP contribution < -0.4 is 0 Å². The number of rotatable bonds is 3. The summed E-state index contributed by atoms with van der Waals surface area (Å²) >= 11 is 0.